The largest absolute Gasteiger partial charge is 0.388 e. The number of nitrogens with zero attached hydrogens (tertiary/aromatic N) is 3. The van der Waals surface area contributed by atoms with Gasteiger partial charge in [-0.05, 0) is 25.1 Å². The molecule has 2 aromatic rings. The normalized spacial score (nSPS) is 10.2. The fraction of sp³-hybridized carbons (Fsp3) is 0.214. The van der Waals surface area contributed by atoms with Crippen molar-refractivity contribution in [2.24, 2.45) is 5.73 Å². The Morgan fingerprint density at radius 2 is 1.95 bits per heavy atom. The van der Waals surface area contributed by atoms with Crippen LogP contribution in [0.4, 0.5) is 17.3 Å². The average Bonchev–Trinajstić information content (AvgIpc) is 2.38. The minimum Gasteiger partial charge on any atom is -0.388 e. The van der Waals surface area contributed by atoms with Gasteiger partial charge in [-0.25, -0.2) is 9.97 Å². The van der Waals surface area contributed by atoms with E-state index in [1.807, 2.05) is 50.2 Å². The minimum absolute atomic E-state index is 0.263. The predicted molar refractivity (Wildman–Crippen MR) is 86.7 cm³/mol. The number of benzene rings is 1. The number of aromatic nitrogens is 2. The third-order valence-electron chi connectivity index (χ3n) is 2.74. The van der Waals surface area contributed by atoms with Crippen molar-refractivity contribution < 1.29 is 0 Å². The van der Waals surface area contributed by atoms with Gasteiger partial charge in [0.1, 0.15) is 10.7 Å². The number of nitrogens with two attached hydrogens (primary N) is 1. The lowest BCUT2D eigenvalue weighted by Crippen LogP contribution is -2.15. The molecule has 6 heteroatoms. The van der Waals surface area contributed by atoms with Gasteiger partial charge in [-0.3, -0.25) is 0 Å². The van der Waals surface area contributed by atoms with Crippen molar-refractivity contribution in [3.05, 3.63) is 41.7 Å². The maximum Gasteiger partial charge on any atom is 0.228 e. The summed E-state index contributed by atoms with van der Waals surface area (Å²) in [5.41, 5.74) is 8.99. The van der Waals surface area contributed by atoms with E-state index >= 15 is 0 Å². The monoisotopic (exact) mass is 287 g/mol. The highest BCUT2D eigenvalue weighted by atomic mass is 32.1. The number of aryl methyl sites for hydroxylation is 1. The van der Waals surface area contributed by atoms with Gasteiger partial charge >= 0.3 is 0 Å². The first-order chi connectivity index (χ1) is 9.47. The van der Waals surface area contributed by atoms with E-state index in [2.05, 4.69) is 15.3 Å². The number of rotatable bonds is 4. The molecule has 0 atom stereocenters. The van der Waals surface area contributed by atoms with Gasteiger partial charge in [0.05, 0.1) is 11.4 Å². The Kier molecular flexibility index (Phi) is 4.14. The van der Waals surface area contributed by atoms with Crippen molar-refractivity contribution in [1.82, 2.24) is 9.97 Å². The van der Waals surface area contributed by atoms with E-state index < -0.39 is 0 Å². The van der Waals surface area contributed by atoms with Crippen molar-refractivity contribution in [1.29, 1.82) is 0 Å². The van der Waals surface area contributed by atoms with Crippen molar-refractivity contribution >= 4 is 34.5 Å². The number of thiocarbonyl (C=S) groups is 1. The molecule has 2 rings (SSSR count). The smallest absolute Gasteiger partial charge is 0.228 e. The molecule has 104 valence electrons. The maximum atomic E-state index is 5.63. The highest BCUT2D eigenvalue weighted by Crippen LogP contribution is 2.25. The molecule has 1 aromatic carbocycles. The average molecular weight is 287 g/mol. The highest BCUT2D eigenvalue weighted by molar-refractivity contribution is 7.80. The zero-order chi connectivity index (χ0) is 14.7. The topological polar surface area (TPSA) is 67.1 Å². The van der Waals surface area contributed by atoms with Crippen LogP contribution in [0.2, 0.25) is 0 Å². The van der Waals surface area contributed by atoms with Gasteiger partial charge < -0.3 is 16.0 Å². The summed E-state index contributed by atoms with van der Waals surface area (Å²) in [6, 6.07) is 9.71. The number of para-hydroxylation sites is 2. The van der Waals surface area contributed by atoms with Crippen LogP contribution in [0, 0.1) is 6.92 Å². The first-order valence-corrected chi connectivity index (χ1v) is 6.57. The molecule has 1 aromatic heterocycles. The molecule has 0 aliphatic carbocycles. The van der Waals surface area contributed by atoms with Crippen LogP contribution < -0.4 is 16.0 Å². The zero-order valence-corrected chi connectivity index (χ0v) is 12.5. The van der Waals surface area contributed by atoms with Crippen LogP contribution in [-0.4, -0.2) is 29.1 Å². The van der Waals surface area contributed by atoms with Crippen LogP contribution in [0.25, 0.3) is 0 Å². The maximum absolute atomic E-state index is 5.63. The summed E-state index contributed by atoms with van der Waals surface area (Å²) in [6.45, 7) is 1.88. The summed E-state index contributed by atoms with van der Waals surface area (Å²) in [6.07, 6.45) is 0. The number of anilines is 3. The third-order valence-corrected chi connectivity index (χ3v) is 2.95. The SMILES string of the molecule is Cc1cc(C(N)=S)nc(Nc2ccccc2N(C)C)n1. The molecule has 0 aliphatic heterocycles. The molecule has 0 saturated carbocycles. The molecule has 0 bridgehead atoms. The van der Waals surface area contributed by atoms with Gasteiger partial charge in [0.15, 0.2) is 0 Å². The van der Waals surface area contributed by atoms with E-state index in [0.717, 1.165) is 17.1 Å². The van der Waals surface area contributed by atoms with E-state index in [-0.39, 0.29) is 4.99 Å². The Labute approximate surface area is 123 Å². The third kappa shape index (κ3) is 3.21. The van der Waals surface area contributed by atoms with Gasteiger partial charge in [0.25, 0.3) is 0 Å². The van der Waals surface area contributed by atoms with Crippen LogP contribution in [0.15, 0.2) is 30.3 Å². The van der Waals surface area contributed by atoms with Crippen LogP contribution in [0.3, 0.4) is 0 Å². The predicted octanol–water partition coefficient (Wildman–Crippen LogP) is 2.23. The second-order valence-electron chi connectivity index (χ2n) is 4.62. The molecular weight excluding hydrogens is 270 g/mol. The van der Waals surface area contributed by atoms with Gasteiger partial charge in [-0.1, -0.05) is 24.4 Å². The molecule has 0 radical (unpaired) electrons. The Hall–Kier alpha value is -2.21. The molecule has 1 heterocycles. The fourth-order valence-electron chi connectivity index (χ4n) is 1.84. The van der Waals surface area contributed by atoms with E-state index in [0.29, 0.717) is 11.6 Å². The highest BCUT2D eigenvalue weighted by Gasteiger charge is 2.08. The molecule has 20 heavy (non-hydrogen) atoms. The van der Waals surface area contributed by atoms with Gasteiger partial charge in [-0.2, -0.15) is 0 Å². The Bertz CT molecular complexity index is 639. The molecule has 0 fully saturated rings. The summed E-state index contributed by atoms with van der Waals surface area (Å²) in [5.74, 6) is 0.488. The van der Waals surface area contributed by atoms with Crippen LogP contribution in [-0.2, 0) is 0 Å². The standard InChI is InChI=1S/C14H17N5S/c1-9-8-11(13(15)20)18-14(16-9)17-10-6-4-5-7-12(10)19(2)3/h4-8H,1-3H3,(H2,15,20)(H,16,17,18). The Morgan fingerprint density at radius 1 is 1.25 bits per heavy atom. The zero-order valence-electron chi connectivity index (χ0n) is 11.7. The molecule has 0 unspecified atom stereocenters. The Morgan fingerprint density at radius 3 is 2.60 bits per heavy atom. The van der Waals surface area contributed by atoms with Gasteiger partial charge in [0, 0.05) is 19.8 Å². The quantitative estimate of drug-likeness (QED) is 0.841. The molecule has 0 saturated heterocycles. The van der Waals surface area contributed by atoms with Gasteiger partial charge in [0.2, 0.25) is 5.95 Å². The summed E-state index contributed by atoms with van der Waals surface area (Å²) >= 11 is 4.96. The van der Waals surface area contributed by atoms with Crippen LogP contribution in [0.1, 0.15) is 11.4 Å². The lowest BCUT2D eigenvalue weighted by molar-refractivity contribution is 1.09. The van der Waals surface area contributed by atoms with E-state index in [4.69, 9.17) is 18.0 Å². The number of nitrogens with one attached hydrogen (secondary N) is 1. The second-order valence-corrected chi connectivity index (χ2v) is 5.06. The molecular formula is C14H17N5S. The molecule has 0 aliphatic rings. The summed E-state index contributed by atoms with van der Waals surface area (Å²) < 4.78 is 0. The number of hydrogen-bond acceptors (Lipinski definition) is 5. The van der Waals surface area contributed by atoms with Crippen LogP contribution in [0.5, 0.6) is 0 Å². The number of hydrogen-bond donors (Lipinski definition) is 2. The molecule has 3 N–H and O–H groups in total. The lowest BCUT2D eigenvalue weighted by atomic mass is 10.2. The van der Waals surface area contributed by atoms with E-state index in [1.54, 1.807) is 6.07 Å². The second kappa shape index (κ2) is 5.83. The summed E-state index contributed by atoms with van der Waals surface area (Å²) in [5, 5.41) is 3.21. The molecule has 0 amide bonds. The fourth-order valence-corrected chi connectivity index (χ4v) is 1.95. The van der Waals surface area contributed by atoms with Gasteiger partial charge in [-0.15, -0.1) is 0 Å². The van der Waals surface area contributed by atoms with Crippen molar-refractivity contribution in [2.45, 2.75) is 6.92 Å². The Balaban J connectivity index is 2.37. The van der Waals surface area contributed by atoms with Crippen molar-refractivity contribution in [2.75, 3.05) is 24.3 Å². The van der Waals surface area contributed by atoms with E-state index in [1.165, 1.54) is 0 Å². The molecule has 5 nitrogen and oxygen atoms in total. The van der Waals surface area contributed by atoms with Crippen molar-refractivity contribution in [3.63, 3.8) is 0 Å². The molecule has 0 spiro atoms. The van der Waals surface area contributed by atoms with E-state index in [9.17, 15) is 0 Å². The van der Waals surface area contributed by atoms with Crippen molar-refractivity contribution in [3.8, 4) is 0 Å². The lowest BCUT2D eigenvalue weighted by Gasteiger charge is -2.18. The minimum atomic E-state index is 0.263. The first-order valence-electron chi connectivity index (χ1n) is 6.16. The summed E-state index contributed by atoms with van der Waals surface area (Å²) in [7, 11) is 3.97. The first kappa shape index (κ1) is 14.2. The van der Waals surface area contributed by atoms with Crippen LogP contribution >= 0.6 is 12.2 Å². The summed E-state index contributed by atoms with van der Waals surface area (Å²) in [4.78, 5) is 11.0.